The van der Waals surface area contributed by atoms with Crippen LogP contribution in [0.1, 0.15) is 0 Å². The lowest BCUT2D eigenvalue weighted by atomic mass is 9.88. The van der Waals surface area contributed by atoms with Gasteiger partial charge in [-0.05, 0) is 17.8 Å². The van der Waals surface area contributed by atoms with E-state index in [0.29, 0.717) is 17.8 Å². The molecule has 2 nitrogen and oxygen atoms in total. The van der Waals surface area contributed by atoms with Crippen molar-refractivity contribution in [2.45, 2.75) is 0 Å². The van der Waals surface area contributed by atoms with Crippen LogP contribution in [0.25, 0.3) is 0 Å². The summed E-state index contributed by atoms with van der Waals surface area (Å²) in [6.07, 6.45) is 11.6. The third-order valence-corrected chi connectivity index (χ3v) is 3.35. The van der Waals surface area contributed by atoms with Crippen LogP contribution in [0.3, 0.4) is 0 Å². The SMILES string of the molecule is O=C(O)C12C=CC3C(C=C1)C3C=C2. The summed E-state index contributed by atoms with van der Waals surface area (Å²) >= 11 is 0. The van der Waals surface area contributed by atoms with Crippen LogP contribution < -0.4 is 0 Å². The monoisotopic (exact) mass is 174 g/mol. The molecule has 4 aliphatic carbocycles. The summed E-state index contributed by atoms with van der Waals surface area (Å²) in [7, 11) is 0. The van der Waals surface area contributed by atoms with Crippen LogP contribution in [-0.2, 0) is 4.79 Å². The first-order valence-corrected chi connectivity index (χ1v) is 4.54. The highest BCUT2D eigenvalue weighted by molar-refractivity contribution is 5.83. The van der Waals surface area contributed by atoms with Crippen LogP contribution in [0.4, 0.5) is 0 Å². The smallest absolute Gasteiger partial charge is 0.321 e. The maximum atomic E-state index is 11.1. The summed E-state index contributed by atoms with van der Waals surface area (Å²) in [5, 5.41) is 9.12. The van der Waals surface area contributed by atoms with Crippen LogP contribution in [0.2, 0.25) is 0 Å². The Hall–Kier alpha value is -1.31. The summed E-state index contributed by atoms with van der Waals surface area (Å²) in [6, 6.07) is 0. The van der Waals surface area contributed by atoms with Gasteiger partial charge in [0.25, 0.3) is 0 Å². The van der Waals surface area contributed by atoms with Crippen molar-refractivity contribution in [3.8, 4) is 0 Å². The summed E-state index contributed by atoms with van der Waals surface area (Å²) in [6.45, 7) is 0. The maximum absolute atomic E-state index is 11.1. The van der Waals surface area contributed by atoms with Crippen molar-refractivity contribution in [1.82, 2.24) is 0 Å². The number of hydrogen-bond acceptors (Lipinski definition) is 1. The first kappa shape index (κ1) is 7.13. The fourth-order valence-electron chi connectivity index (χ4n) is 2.35. The highest BCUT2D eigenvalue weighted by atomic mass is 16.4. The Bertz CT molecular complexity index is 311. The number of carboxylic acid groups (broad SMARTS) is 1. The highest BCUT2D eigenvalue weighted by Gasteiger charge is 2.50. The quantitative estimate of drug-likeness (QED) is 0.613. The zero-order valence-corrected chi connectivity index (χ0v) is 7.05. The maximum Gasteiger partial charge on any atom is 0.321 e. The first-order chi connectivity index (χ1) is 6.23. The fraction of sp³-hybridized carbons (Fsp3) is 0.364. The molecule has 0 aromatic carbocycles. The van der Waals surface area contributed by atoms with E-state index in [1.807, 2.05) is 18.2 Å². The molecule has 0 spiro atoms. The largest absolute Gasteiger partial charge is 0.480 e. The number of rotatable bonds is 1. The lowest BCUT2D eigenvalue weighted by Gasteiger charge is -2.15. The second-order valence-electron chi connectivity index (χ2n) is 4.05. The molecule has 0 radical (unpaired) electrons. The molecular weight excluding hydrogens is 164 g/mol. The van der Waals surface area contributed by atoms with E-state index in [4.69, 9.17) is 5.11 Å². The molecule has 0 aromatic rings. The fourth-order valence-corrected chi connectivity index (χ4v) is 2.35. The molecular formula is C11H10O2. The zero-order chi connectivity index (χ0) is 9.05. The topological polar surface area (TPSA) is 37.3 Å². The predicted molar refractivity (Wildman–Crippen MR) is 48.0 cm³/mol. The Morgan fingerprint density at radius 3 is 1.69 bits per heavy atom. The van der Waals surface area contributed by atoms with Gasteiger partial charge in [0.15, 0.2) is 0 Å². The molecule has 0 aliphatic heterocycles. The van der Waals surface area contributed by atoms with Crippen LogP contribution in [-0.4, -0.2) is 11.1 Å². The normalized spacial score (nSPS) is 48.8. The van der Waals surface area contributed by atoms with Crippen molar-refractivity contribution in [2.75, 3.05) is 0 Å². The van der Waals surface area contributed by atoms with Gasteiger partial charge in [-0.3, -0.25) is 4.79 Å². The number of carbonyl (C=O) groups is 1. The van der Waals surface area contributed by atoms with E-state index in [9.17, 15) is 4.79 Å². The average Bonchev–Trinajstić information content (AvgIpc) is 2.83. The lowest BCUT2D eigenvalue weighted by molar-refractivity contribution is -0.141. The number of carboxylic acids is 1. The van der Waals surface area contributed by atoms with Crippen molar-refractivity contribution in [3.63, 3.8) is 0 Å². The van der Waals surface area contributed by atoms with Crippen molar-refractivity contribution in [3.05, 3.63) is 36.5 Å². The van der Waals surface area contributed by atoms with E-state index >= 15 is 0 Å². The van der Waals surface area contributed by atoms with Crippen LogP contribution >= 0.6 is 0 Å². The van der Waals surface area contributed by atoms with Crippen molar-refractivity contribution in [2.24, 2.45) is 23.2 Å². The van der Waals surface area contributed by atoms with E-state index in [1.54, 1.807) is 0 Å². The minimum atomic E-state index is -0.849. The summed E-state index contributed by atoms with van der Waals surface area (Å²) < 4.78 is 0. The number of aliphatic carboxylic acids is 1. The second-order valence-corrected chi connectivity index (χ2v) is 4.05. The van der Waals surface area contributed by atoms with Crippen molar-refractivity contribution in [1.29, 1.82) is 0 Å². The summed E-state index contributed by atoms with van der Waals surface area (Å²) in [5.74, 6) is 0.918. The van der Waals surface area contributed by atoms with E-state index < -0.39 is 11.4 Å². The van der Waals surface area contributed by atoms with Gasteiger partial charge in [0.1, 0.15) is 5.41 Å². The van der Waals surface area contributed by atoms with E-state index in [1.165, 1.54) is 0 Å². The second kappa shape index (κ2) is 1.95. The number of hydrogen-bond donors (Lipinski definition) is 1. The Kier molecular flexibility index (Phi) is 1.07. The molecule has 4 aliphatic rings. The van der Waals surface area contributed by atoms with Crippen LogP contribution in [0, 0.1) is 23.2 Å². The molecule has 0 amide bonds. The minimum Gasteiger partial charge on any atom is -0.480 e. The van der Waals surface area contributed by atoms with Crippen molar-refractivity contribution < 1.29 is 9.90 Å². The lowest BCUT2D eigenvalue weighted by Crippen LogP contribution is -2.23. The molecule has 13 heavy (non-hydrogen) atoms. The molecule has 0 atom stereocenters. The average molecular weight is 174 g/mol. The van der Waals surface area contributed by atoms with Gasteiger partial charge in [0, 0.05) is 0 Å². The first-order valence-electron chi connectivity index (χ1n) is 4.54. The Labute approximate surface area is 76.3 Å². The number of allylic oxidation sites excluding steroid dienone is 3. The van der Waals surface area contributed by atoms with Gasteiger partial charge in [-0.25, -0.2) is 0 Å². The van der Waals surface area contributed by atoms with E-state index in [-0.39, 0.29) is 0 Å². The Morgan fingerprint density at radius 2 is 1.38 bits per heavy atom. The highest BCUT2D eigenvalue weighted by Crippen LogP contribution is 2.54. The van der Waals surface area contributed by atoms with Crippen LogP contribution in [0.15, 0.2) is 36.5 Å². The zero-order valence-electron chi connectivity index (χ0n) is 7.05. The van der Waals surface area contributed by atoms with E-state index in [0.717, 1.165) is 0 Å². The third-order valence-electron chi connectivity index (χ3n) is 3.35. The molecule has 1 fully saturated rings. The molecule has 66 valence electrons. The van der Waals surface area contributed by atoms with Gasteiger partial charge >= 0.3 is 5.97 Å². The molecule has 1 N–H and O–H groups in total. The molecule has 0 unspecified atom stereocenters. The van der Waals surface area contributed by atoms with Crippen molar-refractivity contribution >= 4 is 5.97 Å². The molecule has 0 heterocycles. The van der Waals surface area contributed by atoms with Gasteiger partial charge in [0.2, 0.25) is 0 Å². The molecule has 0 saturated heterocycles. The molecule has 4 bridgehead atoms. The minimum absolute atomic E-state index is 0.566. The summed E-state index contributed by atoms with van der Waals surface area (Å²) in [5.41, 5.74) is -0.849. The standard InChI is InChI=1S/C11H10O2/c12-10(13)11-4-1-7-8(2-5-11)9(7)3-6-11/h1-9H,(H,12,13). The molecule has 4 rings (SSSR count). The molecule has 2 heteroatoms. The van der Waals surface area contributed by atoms with Gasteiger partial charge in [-0.2, -0.15) is 0 Å². The molecule has 1 saturated carbocycles. The van der Waals surface area contributed by atoms with Crippen LogP contribution in [0.5, 0.6) is 0 Å². The third kappa shape index (κ3) is 0.755. The Balaban J connectivity index is 2.18. The van der Waals surface area contributed by atoms with E-state index in [2.05, 4.69) is 18.2 Å². The van der Waals surface area contributed by atoms with Gasteiger partial charge < -0.3 is 5.11 Å². The Morgan fingerprint density at radius 1 is 1.00 bits per heavy atom. The predicted octanol–water partition coefficient (Wildman–Crippen LogP) is 1.62. The van der Waals surface area contributed by atoms with Gasteiger partial charge in [0.05, 0.1) is 0 Å². The van der Waals surface area contributed by atoms with Gasteiger partial charge in [-0.1, -0.05) is 36.5 Å². The molecule has 0 aromatic heterocycles. The van der Waals surface area contributed by atoms with Gasteiger partial charge in [-0.15, -0.1) is 0 Å². The summed E-state index contributed by atoms with van der Waals surface area (Å²) in [4.78, 5) is 11.1.